The van der Waals surface area contributed by atoms with Gasteiger partial charge in [0.25, 0.3) is 11.8 Å². The number of hydrogen-bond acceptors (Lipinski definition) is 4. The second-order valence-corrected chi connectivity index (χ2v) is 2.06. The predicted octanol–water partition coefficient (Wildman–Crippen LogP) is -0.956. The van der Waals surface area contributed by atoms with Crippen molar-refractivity contribution in [3.8, 4) is 0 Å². The first-order valence-corrected chi connectivity index (χ1v) is 2.84. The van der Waals surface area contributed by atoms with Crippen molar-refractivity contribution in [1.82, 2.24) is 5.32 Å². The van der Waals surface area contributed by atoms with E-state index in [-0.39, 0.29) is 0 Å². The molecule has 5 heteroatoms. The topological polar surface area (TPSA) is 83.5 Å². The van der Waals surface area contributed by atoms with Crippen molar-refractivity contribution >= 4 is 17.6 Å². The summed E-state index contributed by atoms with van der Waals surface area (Å²) in [6.45, 7) is 1.10. The Bertz CT molecular complexity index is 289. The van der Waals surface area contributed by atoms with E-state index in [4.69, 9.17) is 5.11 Å². The van der Waals surface area contributed by atoms with Crippen molar-refractivity contribution in [2.45, 2.75) is 6.92 Å². The molecule has 0 unspecified atom stereocenters. The maximum atomic E-state index is 10.7. The van der Waals surface area contributed by atoms with Crippen molar-refractivity contribution in [2.75, 3.05) is 0 Å². The molecule has 1 aliphatic rings. The Hall–Kier alpha value is -1.65. The lowest BCUT2D eigenvalue weighted by Gasteiger charge is -1.88. The summed E-state index contributed by atoms with van der Waals surface area (Å²) < 4.78 is 0. The highest BCUT2D eigenvalue weighted by Crippen LogP contribution is 2.09. The lowest BCUT2D eigenvalue weighted by Crippen LogP contribution is -2.24. The molecule has 58 valence electrons. The van der Waals surface area contributed by atoms with E-state index in [2.05, 4.69) is 0 Å². The minimum atomic E-state index is -0.916. The number of carbonyl (C=O) groups excluding carboxylic acids is 3. The SMILES string of the molecule is CC(=O)C1=C(O)C(=O)NC1=O. The monoisotopic (exact) mass is 155 g/mol. The Balaban J connectivity index is 3.17. The number of Topliss-reactive ketones (excluding diaryl/α,β-unsaturated/α-hetero) is 1. The molecular formula is C6H5NO4. The fraction of sp³-hybridized carbons (Fsp3) is 0.167. The Morgan fingerprint density at radius 3 is 2.09 bits per heavy atom. The van der Waals surface area contributed by atoms with Crippen molar-refractivity contribution in [2.24, 2.45) is 0 Å². The van der Waals surface area contributed by atoms with Gasteiger partial charge < -0.3 is 5.11 Å². The van der Waals surface area contributed by atoms with E-state index in [0.29, 0.717) is 0 Å². The number of nitrogens with one attached hydrogen (secondary N) is 1. The Kier molecular flexibility index (Phi) is 1.48. The van der Waals surface area contributed by atoms with Gasteiger partial charge in [-0.3, -0.25) is 19.7 Å². The second kappa shape index (κ2) is 2.19. The molecular weight excluding hydrogens is 150 g/mol. The molecule has 0 aromatic rings. The van der Waals surface area contributed by atoms with Crippen LogP contribution in [-0.2, 0) is 14.4 Å². The van der Waals surface area contributed by atoms with E-state index in [1.807, 2.05) is 0 Å². The number of amides is 2. The van der Waals surface area contributed by atoms with Gasteiger partial charge in [-0.25, -0.2) is 0 Å². The van der Waals surface area contributed by atoms with Gasteiger partial charge in [-0.15, -0.1) is 0 Å². The number of hydrogen-bond donors (Lipinski definition) is 2. The third kappa shape index (κ3) is 1.000. The molecule has 1 aliphatic heterocycles. The first-order valence-electron chi connectivity index (χ1n) is 2.84. The summed E-state index contributed by atoms with van der Waals surface area (Å²) in [6.07, 6.45) is 0. The van der Waals surface area contributed by atoms with Gasteiger partial charge in [-0.2, -0.15) is 0 Å². The summed E-state index contributed by atoms with van der Waals surface area (Å²) in [5.74, 6) is -3.16. The van der Waals surface area contributed by atoms with E-state index in [0.717, 1.165) is 6.92 Å². The third-order valence-electron chi connectivity index (χ3n) is 1.26. The van der Waals surface area contributed by atoms with Gasteiger partial charge in [0.15, 0.2) is 11.5 Å². The first-order chi connectivity index (χ1) is 5.04. The number of rotatable bonds is 1. The van der Waals surface area contributed by atoms with Gasteiger partial charge in [-0.1, -0.05) is 0 Å². The summed E-state index contributed by atoms with van der Waals surface area (Å²) in [7, 11) is 0. The number of imide groups is 1. The average molecular weight is 155 g/mol. The standard InChI is InChI=1S/C6H5NO4/c1-2(8)3-4(9)6(11)7-5(3)10/h1H3,(H2,7,9,10,11). The van der Waals surface area contributed by atoms with Crippen LogP contribution >= 0.6 is 0 Å². The van der Waals surface area contributed by atoms with Gasteiger partial charge in [-0.05, 0) is 6.92 Å². The highest BCUT2D eigenvalue weighted by atomic mass is 16.3. The van der Waals surface area contributed by atoms with Crippen LogP contribution in [0.2, 0.25) is 0 Å². The Labute approximate surface area is 61.7 Å². The molecule has 0 aromatic carbocycles. The van der Waals surface area contributed by atoms with E-state index >= 15 is 0 Å². The summed E-state index contributed by atoms with van der Waals surface area (Å²) in [5, 5.41) is 10.6. The number of carbonyl (C=O) groups is 3. The molecule has 0 atom stereocenters. The van der Waals surface area contributed by atoms with Crippen LogP contribution in [0.3, 0.4) is 0 Å². The molecule has 2 N–H and O–H groups in total. The fourth-order valence-electron chi connectivity index (χ4n) is 0.773. The van der Waals surface area contributed by atoms with Crippen LogP contribution in [0.1, 0.15) is 6.92 Å². The molecule has 11 heavy (non-hydrogen) atoms. The summed E-state index contributed by atoms with van der Waals surface area (Å²) in [6, 6.07) is 0. The summed E-state index contributed by atoms with van der Waals surface area (Å²) >= 11 is 0. The zero-order valence-corrected chi connectivity index (χ0v) is 5.67. The van der Waals surface area contributed by atoms with Crippen LogP contribution in [0.5, 0.6) is 0 Å². The molecule has 5 nitrogen and oxygen atoms in total. The first kappa shape index (κ1) is 7.46. The zero-order valence-electron chi connectivity index (χ0n) is 5.67. The molecule has 0 aromatic heterocycles. The Morgan fingerprint density at radius 1 is 1.36 bits per heavy atom. The van der Waals surface area contributed by atoms with Gasteiger partial charge in [0, 0.05) is 0 Å². The number of aliphatic hydroxyl groups is 1. The molecule has 1 heterocycles. The lowest BCUT2D eigenvalue weighted by atomic mass is 10.2. The minimum Gasteiger partial charge on any atom is -0.502 e. The third-order valence-corrected chi connectivity index (χ3v) is 1.26. The quantitative estimate of drug-likeness (QED) is 0.377. The van der Waals surface area contributed by atoms with Gasteiger partial charge in [0.05, 0.1) is 0 Å². The van der Waals surface area contributed by atoms with Crippen molar-refractivity contribution in [3.05, 3.63) is 11.3 Å². The van der Waals surface area contributed by atoms with Crippen molar-refractivity contribution < 1.29 is 19.5 Å². The average Bonchev–Trinajstić information content (AvgIpc) is 2.07. The predicted molar refractivity (Wildman–Crippen MR) is 33.5 cm³/mol. The molecule has 0 radical (unpaired) electrons. The smallest absolute Gasteiger partial charge is 0.293 e. The molecule has 0 fully saturated rings. The van der Waals surface area contributed by atoms with Gasteiger partial charge in [0.1, 0.15) is 5.57 Å². The van der Waals surface area contributed by atoms with E-state index in [1.54, 1.807) is 5.32 Å². The van der Waals surface area contributed by atoms with Gasteiger partial charge >= 0.3 is 0 Å². The second-order valence-electron chi connectivity index (χ2n) is 2.06. The van der Waals surface area contributed by atoms with E-state index in [9.17, 15) is 14.4 Å². The molecule has 0 bridgehead atoms. The Morgan fingerprint density at radius 2 is 1.91 bits per heavy atom. The molecule has 0 saturated heterocycles. The zero-order chi connectivity index (χ0) is 8.59. The molecule has 1 rings (SSSR count). The van der Waals surface area contributed by atoms with Crippen molar-refractivity contribution in [3.63, 3.8) is 0 Å². The molecule has 0 aliphatic carbocycles. The van der Waals surface area contributed by atoms with Gasteiger partial charge in [0.2, 0.25) is 0 Å². The summed E-state index contributed by atoms with van der Waals surface area (Å²) in [5.41, 5.74) is -0.463. The maximum absolute atomic E-state index is 10.7. The lowest BCUT2D eigenvalue weighted by molar-refractivity contribution is -0.125. The number of ketones is 1. The summed E-state index contributed by atoms with van der Waals surface area (Å²) in [4.78, 5) is 31.8. The van der Waals surface area contributed by atoms with Crippen molar-refractivity contribution in [1.29, 1.82) is 0 Å². The van der Waals surface area contributed by atoms with Crippen LogP contribution in [0.4, 0.5) is 0 Å². The maximum Gasteiger partial charge on any atom is 0.293 e. The highest BCUT2D eigenvalue weighted by molar-refractivity contribution is 6.30. The van der Waals surface area contributed by atoms with Crippen LogP contribution in [0.25, 0.3) is 0 Å². The van der Waals surface area contributed by atoms with Crippen LogP contribution in [0, 0.1) is 0 Å². The molecule has 0 spiro atoms. The van der Waals surface area contributed by atoms with E-state index in [1.165, 1.54) is 0 Å². The van der Waals surface area contributed by atoms with Crippen LogP contribution in [0.15, 0.2) is 11.3 Å². The van der Waals surface area contributed by atoms with E-state index < -0.39 is 28.9 Å². The number of aliphatic hydroxyl groups excluding tert-OH is 1. The van der Waals surface area contributed by atoms with Crippen LogP contribution < -0.4 is 5.32 Å². The molecule has 2 amide bonds. The van der Waals surface area contributed by atoms with Crippen LogP contribution in [-0.4, -0.2) is 22.7 Å². The fourth-order valence-corrected chi connectivity index (χ4v) is 0.773. The highest BCUT2D eigenvalue weighted by Gasteiger charge is 2.32. The largest absolute Gasteiger partial charge is 0.502 e. The molecule has 0 saturated carbocycles. The normalized spacial score (nSPS) is 17.2. The minimum absolute atomic E-state index is 0.463.